The Kier molecular flexibility index (Phi) is 6.15. The van der Waals surface area contributed by atoms with Crippen LogP contribution in [0.2, 0.25) is 0 Å². The molecule has 0 fully saturated rings. The molecule has 8 heteroatoms. The van der Waals surface area contributed by atoms with Gasteiger partial charge < -0.3 is 24.8 Å². The van der Waals surface area contributed by atoms with E-state index in [1.54, 1.807) is 30.3 Å². The number of carbonyl (C=O) groups is 3. The lowest BCUT2D eigenvalue weighted by molar-refractivity contribution is -0.133. The number of esters is 1. The highest BCUT2D eigenvalue weighted by molar-refractivity contribution is 6.43. The Hall–Kier alpha value is -3.55. The Morgan fingerprint density at radius 1 is 0.846 bits per heavy atom. The zero-order chi connectivity index (χ0) is 19.1. The molecule has 0 radical (unpaired) electrons. The quantitative estimate of drug-likeness (QED) is 0.626. The van der Waals surface area contributed by atoms with Gasteiger partial charge in [-0.15, -0.1) is 0 Å². The van der Waals surface area contributed by atoms with E-state index in [0.717, 1.165) is 0 Å². The minimum absolute atomic E-state index is 0.252. The minimum Gasteiger partial charge on any atom is -0.497 e. The van der Waals surface area contributed by atoms with Crippen molar-refractivity contribution in [1.82, 2.24) is 0 Å². The van der Waals surface area contributed by atoms with Crippen molar-refractivity contribution in [3.05, 3.63) is 48.0 Å². The molecule has 0 saturated carbocycles. The zero-order valence-electron chi connectivity index (χ0n) is 14.5. The molecule has 0 aliphatic heterocycles. The summed E-state index contributed by atoms with van der Waals surface area (Å²) in [5.41, 5.74) is 0.856. The molecule has 26 heavy (non-hydrogen) atoms. The first kappa shape index (κ1) is 18.8. The molecule has 0 saturated heterocycles. The number of hydrogen-bond donors (Lipinski definition) is 2. The van der Waals surface area contributed by atoms with Crippen LogP contribution in [0.4, 0.5) is 11.4 Å². The van der Waals surface area contributed by atoms with Crippen LogP contribution in [0.25, 0.3) is 0 Å². The average Bonchev–Trinajstić information content (AvgIpc) is 2.67. The number of methoxy groups -OCH3 is 3. The number of benzene rings is 2. The number of hydrogen-bond acceptors (Lipinski definition) is 6. The standard InChI is InChI=1S/C18H18N2O6/c1-24-13-7-8-14(15(10-13)25-2)20-17(22)16(21)19-12-6-4-5-11(9-12)18(23)26-3/h4-10H,1-3H3,(H,19,21)(H,20,22). The Morgan fingerprint density at radius 3 is 2.23 bits per heavy atom. The van der Waals surface area contributed by atoms with E-state index in [4.69, 9.17) is 9.47 Å². The van der Waals surface area contributed by atoms with Gasteiger partial charge >= 0.3 is 17.8 Å². The average molecular weight is 358 g/mol. The summed E-state index contributed by atoms with van der Waals surface area (Å²) in [6, 6.07) is 10.8. The van der Waals surface area contributed by atoms with Gasteiger partial charge in [0.1, 0.15) is 11.5 Å². The Labute approximate surface area is 150 Å². The zero-order valence-corrected chi connectivity index (χ0v) is 14.5. The number of ether oxygens (including phenoxy) is 3. The molecule has 2 rings (SSSR count). The third-order valence-electron chi connectivity index (χ3n) is 3.40. The van der Waals surface area contributed by atoms with Gasteiger partial charge in [0.15, 0.2) is 0 Å². The van der Waals surface area contributed by atoms with Crippen LogP contribution in [-0.4, -0.2) is 39.1 Å². The summed E-state index contributed by atoms with van der Waals surface area (Å²) in [5.74, 6) is -1.45. The first-order valence-electron chi connectivity index (χ1n) is 7.51. The second-order valence-corrected chi connectivity index (χ2v) is 5.05. The SMILES string of the molecule is COC(=O)c1cccc(NC(=O)C(=O)Nc2ccc(OC)cc2OC)c1. The summed E-state index contributed by atoms with van der Waals surface area (Å²) in [6.07, 6.45) is 0. The summed E-state index contributed by atoms with van der Waals surface area (Å²) in [7, 11) is 4.19. The van der Waals surface area contributed by atoms with Gasteiger partial charge in [-0.1, -0.05) is 6.07 Å². The molecule has 0 atom stereocenters. The summed E-state index contributed by atoms with van der Waals surface area (Å²) in [4.78, 5) is 35.7. The second kappa shape index (κ2) is 8.52. The van der Waals surface area contributed by atoms with Crippen molar-refractivity contribution in [2.24, 2.45) is 0 Å². The smallest absolute Gasteiger partial charge is 0.337 e. The first-order chi connectivity index (χ1) is 12.5. The van der Waals surface area contributed by atoms with Gasteiger partial charge in [-0.3, -0.25) is 9.59 Å². The van der Waals surface area contributed by atoms with E-state index in [0.29, 0.717) is 17.2 Å². The summed E-state index contributed by atoms with van der Waals surface area (Å²) < 4.78 is 14.8. The highest BCUT2D eigenvalue weighted by Gasteiger charge is 2.17. The molecule has 2 N–H and O–H groups in total. The predicted molar refractivity (Wildman–Crippen MR) is 94.6 cm³/mol. The van der Waals surface area contributed by atoms with E-state index >= 15 is 0 Å². The number of carbonyl (C=O) groups excluding carboxylic acids is 3. The summed E-state index contributed by atoms with van der Waals surface area (Å²) >= 11 is 0. The maximum absolute atomic E-state index is 12.1. The number of anilines is 2. The van der Waals surface area contributed by atoms with E-state index < -0.39 is 17.8 Å². The molecule has 2 amide bonds. The first-order valence-corrected chi connectivity index (χ1v) is 7.51. The molecule has 136 valence electrons. The molecule has 8 nitrogen and oxygen atoms in total. The lowest BCUT2D eigenvalue weighted by Crippen LogP contribution is -2.29. The summed E-state index contributed by atoms with van der Waals surface area (Å²) in [5, 5.41) is 4.88. The van der Waals surface area contributed by atoms with Crippen molar-refractivity contribution in [3.63, 3.8) is 0 Å². The second-order valence-electron chi connectivity index (χ2n) is 5.05. The van der Waals surface area contributed by atoms with E-state index in [9.17, 15) is 14.4 Å². The Bertz CT molecular complexity index is 834. The van der Waals surface area contributed by atoms with Crippen LogP contribution in [-0.2, 0) is 14.3 Å². The minimum atomic E-state index is -0.898. The van der Waals surface area contributed by atoms with Gasteiger partial charge in [-0.25, -0.2) is 4.79 Å². The summed E-state index contributed by atoms with van der Waals surface area (Å²) in [6.45, 7) is 0. The van der Waals surface area contributed by atoms with E-state index in [2.05, 4.69) is 15.4 Å². The molecule has 0 heterocycles. The molecule has 0 aliphatic carbocycles. The maximum Gasteiger partial charge on any atom is 0.337 e. The molecule has 0 unspecified atom stereocenters. The third-order valence-corrected chi connectivity index (χ3v) is 3.40. The number of rotatable bonds is 5. The fourth-order valence-electron chi connectivity index (χ4n) is 2.11. The van der Waals surface area contributed by atoms with Crippen molar-refractivity contribution in [2.75, 3.05) is 32.0 Å². The molecule has 2 aromatic carbocycles. The molecular formula is C18H18N2O6. The van der Waals surface area contributed by atoms with Crippen LogP contribution in [0.1, 0.15) is 10.4 Å². The van der Waals surface area contributed by atoms with E-state index in [-0.39, 0.29) is 11.3 Å². The van der Waals surface area contributed by atoms with Gasteiger partial charge in [-0.2, -0.15) is 0 Å². The lowest BCUT2D eigenvalue weighted by Gasteiger charge is -2.11. The van der Waals surface area contributed by atoms with Crippen molar-refractivity contribution >= 4 is 29.2 Å². The van der Waals surface area contributed by atoms with Gasteiger partial charge in [0.05, 0.1) is 32.6 Å². The van der Waals surface area contributed by atoms with Gasteiger partial charge in [-0.05, 0) is 30.3 Å². The normalized spacial score (nSPS) is 9.81. The van der Waals surface area contributed by atoms with Crippen molar-refractivity contribution in [2.45, 2.75) is 0 Å². The molecule has 0 aliphatic rings. The van der Waals surface area contributed by atoms with Crippen LogP contribution in [0.5, 0.6) is 11.5 Å². The molecule has 0 spiro atoms. The topological polar surface area (TPSA) is 103 Å². The highest BCUT2D eigenvalue weighted by Crippen LogP contribution is 2.29. The fraction of sp³-hybridized carbons (Fsp3) is 0.167. The van der Waals surface area contributed by atoms with Gasteiger partial charge in [0.25, 0.3) is 0 Å². The Balaban J connectivity index is 2.09. The number of amides is 2. The molecule has 2 aromatic rings. The molecule has 0 aromatic heterocycles. The molecule has 0 bridgehead atoms. The van der Waals surface area contributed by atoms with Crippen molar-refractivity contribution in [3.8, 4) is 11.5 Å². The van der Waals surface area contributed by atoms with Gasteiger partial charge in [0, 0.05) is 11.8 Å². The maximum atomic E-state index is 12.1. The lowest BCUT2D eigenvalue weighted by atomic mass is 10.2. The third kappa shape index (κ3) is 4.50. The Morgan fingerprint density at radius 2 is 1.58 bits per heavy atom. The van der Waals surface area contributed by atoms with E-state index in [1.165, 1.54) is 33.5 Å². The van der Waals surface area contributed by atoms with Crippen molar-refractivity contribution in [1.29, 1.82) is 0 Å². The monoisotopic (exact) mass is 358 g/mol. The fourth-order valence-corrected chi connectivity index (χ4v) is 2.11. The number of nitrogens with one attached hydrogen (secondary N) is 2. The van der Waals surface area contributed by atoms with Crippen LogP contribution in [0.3, 0.4) is 0 Å². The van der Waals surface area contributed by atoms with Crippen LogP contribution in [0, 0.1) is 0 Å². The predicted octanol–water partition coefficient (Wildman–Crippen LogP) is 2.07. The van der Waals surface area contributed by atoms with Crippen LogP contribution >= 0.6 is 0 Å². The van der Waals surface area contributed by atoms with E-state index in [1.807, 2.05) is 0 Å². The molecular weight excluding hydrogens is 340 g/mol. The van der Waals surface area contributed by atoms with Crippen LogP contribution < -0.4 is 20.1 Å². The van der Waals surface area contributed by atoms with Crippen molar-refractivity contribution < 1.29 is 28.6 Å². The van der Waals surface area contributed by atoms with Crippen LogP contribution in [0.15, 0.2) is 42.5 Å². The van der Waals surface area contributed by atoms with Gasteiger partial charge in [0.2, 0.25) is 0 Å². The largest absolute Gasteiger partial charge is 0.497 e. The highest BCUT2D eigenvalue weighted by atomic mass is 16.5.